The van der Waals surface area contributed by atoms with Gasteiger partial charge in [0.2, 0.25) is 0 Å². The van der Waals surface area contributed by atoms with Crippen molar-refractivity contribution in [3.05, 3.63) is 0 Å². The van der Waals surface area contributed by atoms with Gasteiger partial charge in [0, 0.05) is 13.2 Å². The van der Waals surface area contributed by atoms with Gasteiger partial charge >= 0.3 is 0 Å². The van der Waals surface area contributed by atoms with E-state index in [0.717, 1.165) is 19.4 Å². The molecule has 0 aliphatic rings. The second-order valence-corrected chi connectivity index (χ2v) is 3.65. The van der Waals surface area contributed by atoms with Crippen LogP contribution in [0.25, 0.3) is 0 Å². The number of hydrogen-bond acceptors (Lipinski definition) is 5. The molecule has 0 amide bonds. The van der Waals surface area contributed by atoms with Crippen molar-refractivity contribution >= 4 is 0 Å². The van der Waals surface area contributed by atoms with Crippen LogP contribution in [-0.4, -0.2) is 60.4 Å². The van der Waals surface area contributed by atoms with E-state index >= 15 is 0 Å². The number of aliphatic hydroxyl groups excluding tert-OH is 3. The molecule has 0 rings (SSSR count). The fraction of sp³-hybridized carbons (Fsp3) is 1.00. The monoisotopic (exact) mass is 221 g/mol. The summed E-state index contributed by atoms with van der Waals surface area (Å²) in [5.41, 5.74) is -0.992. The maximum atomic E-state index is 8.99. The lowest BCUT2D eigenvalue weighted by Gasteiger charge is -2.28. The Morgan fingerprint density at radius 3 is 2.13 bits per heavy atom. The Hall–Kier alpha value is -0.200. The van der Waals surface area contributed by atoms with Crippen molar-refractivity contribution in [1.29, 1.82) is 0 Å². The predicted molar refractivity (Wildman–Crippen MR) is 57.7 cm³/mol. The maximum absolute atomic E-state index is 8.99. The molecule has 4 N–H and O–H groups in total. The van der Waals surface area contributed by atoms with Crippen molar-refractivity contribution in [2.45, 2.75) is 25.3 Å². The van der Waals surface area contributed by atoms with E-state index in [0.29, 0.717) is 13.2 Å². The fourth-order valence-corrected chi connectivity index (χ4v) is 1.05. The van der Waals surface area contributed by atoms with Gasteiger partial charge in [-0.15, -0.1) is 0 Å². The van der Waals surface area contributed by atoms with Crippen LogP contribution in [0.15, 0.2) is 0 Å². The average Bonchev–Trinajstić information content (AvgIpc) is 2.29. The minimum absolute atomic E-state index is 0.297. The smallest absolute Gasteiger partial charge is 0.0882 e. The number of hydrogen-bond donors (Lipinski definition) is 4. The van der Waals surface area contributed by atoms with E-state index in [1.165, 1.54) is 0 Å². The summed E-state index contributed by atoms with van der Waals surface area (Å²) >= 11 is 0. The molecule has 0 radical (unpaired) electrons. The lowest BCUT2D eigenvalue weighted by molar-refractivity contribution is 0.0345. The van der Waals surface area contributed by atoms with Gasteiger partial charge in [-0.3, -0.25) is 0 Å². The fourth-order valence-electron chi connectivity index (χ4n) is 1.05. The third-order valence-corrected chi connectivity index (χ3v) is 2.30. The van der Waals surface area contributed by atoms with Crippen molar-refractivity contribution in [3.8, 4) is 0 Å². The Labute approximate surface area is 91.1 Å². The standard InChI is InChI=1S/C10H23NO4/c1-2-3-5-15-6-4-11-10(7-12,8-13)9-14/h11-14H,2-9H2,1H3. The summed E-state index contributed by atoms with van der Waals surface area (Å²) in [6.07, 6.45) is 2.13. The highest BCUT2D eigenvalue weighted by Crippen LogP contribution is 2.00. The topological polar surface area (TPSA) is 82.0 Å². The van der Waals surface area contributed by atoms with Crippen LogP contribution in [-0.2, 0) is 4.74 Å². The van der Waals surface area contributed by atoms with Gasteiger partial charge in [0.15, 0.2) is 0 Å². The second-order valence-electron chi connectivity index (χ2n) is 3.65. The van der Waals surface area contributed by atoms with E-state index in [4.69, 9.17) is 20.1 Å². The molecule has 0 aliphatic carbocycles. The first-order valence-electron chi connectivity index (χ1n) is 5.40. The molecule has 0 aromatic rings. The first-order valence-corrected chi connectivity index (χ1v) is 5.40. The molecule has 0 saturated carbocycles. The summed E-state index contributed by atoms with van der Waals surface area (Å²) in [5, 5.41) is 29.9. The average molecular weight is 221 g/mol. The van der Waals surface area contributed by atoms with Crippen molar-refractivity contribution in [3.63, 3.8) is 0 Å². The van der Waals surface area contributed by atoms with E-state index in [2.05, 4.69) is 12.2 Å². The van der Waals surface area contributed by atoms with Crippen molar-refractivity contribution in [2.24, 2.45) is 0 Å². The molecule has 0 saturated heterocycles. The van der Waals surface area contributed by atoms with Gasteiger partial charge in [-0.05, 0) is 6.42 Å². The van der Waals surface area contributed by atoms with Crippen LogP contribution in [0.1, 0.15) is 19.8 Å². The van der Waals surface area contributed by atoms with E-state index in [1.54, 1.807) is 0 Å². The Morgan fingerprint density at radius 1 is 1.07 bits per heavy atom. The Bertz CT molecular complexity index is 131. The molecule has 0 fully saturated rings. The van der Waals surface area contributed by atoms with Crippen LogP contribution in [0, 0.1) is 0 Å². The van der Waals surface area contributed by atoms with Gasteiger partial charge in [0.25, 0.3) is 0 Å². The van der Waals surface area contributed by atoms with Crippen LogP contribution >= 0.6 is 0 Å². The number of unbranched alkanes of at least 4 members (excludes halogenated alkanes) is 1. The van der Waals surface area contributed by atoms with Crippen molar-refractivity contribution < 1.29 is 20.1 Å². The van der Waals surface area contributed by atoms with Crippen LogP contribution in [0.3, 0.4) is 0 Å². The summed E-state index contributed by atoms with van der Waals surface area (Å²) in [6.45, 7) is 2.95. The normalized spacial score (nSPS) is 12.0. The third kappa shape index (κ3) is 6.06. The zero-order valence-corrected chi connectivity index (χ0v) is 9.41. The van der Waals surface area contributed by atoms with Gasteiger partial charge in [-0.25, -0.2) is 0 Å². The first-order chi connectivity index (χ1) is 7.24. The highest BCUT2D eigenvalue weighted by Gasteiger charge is 2.26. The first kappa shape index (κ1) is 14.8. The molecule has 0 heterocycles. The Kier molecular flexibility index (Phi) is 8.94. The molecule has 0 aromatic carbocycles. The quantitative estimate of drug-likeness (QED) is 0.360. The zero-order chi connectivity index (χ0) is 11.6. The molecule has 0 aliphatic heterocycles. The zero-order valence-electron chi connectivity index (χ0n) is 9.41. The number of rotatable bonds is 10. The molecule has 0 spiro atoms. The summed E-state index contributed by atoms with van der Waals surface area (Å²) in [5.74, 6) is 0. The molecule has 15 heavy (non-hydrogen) atoms. The molecular weight excluding hydrogens is 198 g/mol. The minimum atomic E-state index is -0.992. The van der Waals surface area contributed by atoms with Gasteiger partial charge in [0.1, 0.15) is 0 Å². The molecule has 92 valence electrons. The van der Waals surface area contributed by atoms with Gasteiger partial charge in [0.05, 0.1) is 32.0 Å². The summed E-state index contributed by atoms with van der Waals surface area (Å²) in [4.78, 5) is 0. The van der Waals surface area contributed by atoms with Crippen LogP contribution in [0.4, 0.5) is 0 Å². The largest absolute Gasteiger partial charge is 0.394 e. The second kappa shape index (κ2) is 9.06. The van der Waals surface area contributed by atoms with E-state index in [-0.39, 0.29) is 19.8 Å². The molecule has 0 atom stereocenters. The van der Waals surface area contributed by atoms with E-state index in [9.17, 15) is 0 Å². The van der Waals surface area contributed by atoms with Gasteiger partial charge in [-0.2, -0.15) is 0 Å². The van der Waals surface area contributed by atoms with Crippen LogP contribution in [0.5, 0.6) is 0 Å². The molecule has 0 aromatic heterocycles. The molecule has 5 heteroatoms. The SMILES string of the molecule is CCCCOCCNC(CO)(CO)CO. The molecule has 0 unspecified atom stereocenters. The van der Waals surface area contributed by atoms with Crippen LogP contribution < -0.4 is 5.32 Å². The van der Waals surface area contributed by atoms with Crippen molar-refractivity contribution in [1.82, 2.24) is 5.32 Å². The number of ether oxygens (including phenoxy) is 1. The third-order valence-electron chi connectivity index (χ3n) is 2.30. The van der Waals surface area contributed by atoms with Crippen LogP contribution in [0.2, 0.25) is 0 Å². The minimum Gasteiger partial charge on any atom is -0.394 e. The van der Waals surface area contributed by atoms with Gasteiger partial charge < -0.3 is 25.4 Å². The maximum Gasteiger partial charge on any atom is 0.0882 e. The summed E-state index contributed by atoms with van der Waals surface area (Å²) in [6, 6.07) is 0. The number of aliphatic hydroxyl groups is 3. The van der Waals surface area contributed by atoms with Crippen molar-refractivity contribution in [2.75, 3.05) is 39.6 Å². The highest BCUT2D eigenvalue weighted by molar-refractivity contribution is 4.85. The lowest BCUT2D eigenvalue weighted by atomic mass is 10.0. The summed E-state index contributed by atoms with van der Waals surface area (Å²) < 4.78 is 5.30. The molecule has 0 bridgehead atoms. The molecule has 5 nitrogen and oxygen atoms in total. The van der Waals surface area contributed by atoms with E-state index < -0.39 is 5.54 Å². The number of nitrogens with one attached hydrogen (secondary N) is 1. The predicted octanol–water partition coefficient (Wildman–Crippen LogP) is -0.892. The Balaban J connectivity index is 3.54. The van der Waals surface area contributed by atoms with Gasteiger partial charge in [-0.1, -0.05) is 13.3 Å². The Morgan fingerprint density at radius 2 is 1.67 bits per heavy atom. The highest BCUT2D eigenvalue weighted by atomic mass is 16.5. The molecular formula is C10H23NO4. The van der Waals surface area contributed by atoms with E-state index in [1.807, 2.05) is 0 Å². The lowest BCUT2D eigenvalue weighted by Crippen LogP contribution is -2.55. The summed E-state index contributed by atoms with van der Waals surface area (Å²) in [7, 11) is 0.